The monoisotopic (exact) mass is 377 g/mol. The van der Waals surface area contributed by atoms with Crippen LogP contribution >= 0.6 is 0 Å². The number of aromatic hydroxyl groups is 2. The van der Waals surface area contributed by atoms with Crippen LogP contribution in [-0.2, 0) is 0 Å². The predicted molar refractivity (Wildman–Crippen MR) is 113 cm³/mol. The van der Waals surface area contributed by atoms with E-state index in [0.29, 0.717) is 22.6 Å². The highest BCUT2D eigenvalue weighted by atomic mass is 16.3. The quantitative estimate of drug-likeness (QED) is 0.393. The first-order chi connectivity index (χ1) is 13.4. The van der Waals surface area contributed by atoms with Gasteiger partial charge in [-0.25, -0.2) is 0 Å². The molecule has 28 heavy (non-hydrogen) atoms. The molecule has 0 saturated heterocycles. The molecule has 0 aromatic heterocycles. The highest BCUT2D eigenvalue weighted by molar-refractivity contribution is 6.05. The summed E-state index contributed by atoms with van der Waals surface area (Å²) in [6, 6.07) is 18.8. The maximum atomic E-state index is 12.5. The molecule has 3 aromatic carbocycles. The van der Waals surface area contributed by atoms with Gasteiger partial charge in [0.1, 0.15) is 11.5 Å². The lowest BCUT2D eigenvalue weighted by Gasteiger charge is -2.16. The second-order valence-electron chi connectivity index (χ2n) is 6.74. The van der Waals surface area contributed by atoms with Gasteiger partial charge in [-0.3, -0.25) is 4.79 Å². The van der Waals surface area contributed by atoms with Gasteiger partial charge >= 0.3 is 0 Å². The van der Waals surface area contributed by atoms with Crippen molar-refractivity contribution in [2.24, 2.45) is 0 Å². The number of nitrogens with one attached hydrogen (secondary N) is 3. The third-order valence-electron chi connectivity index (χ3n) is 3.94. The SMILES string of the molecule is CC(C)Nc1cc(NC(=O)c2cccc(O)c2)cc(Nc2ccccc2O)c1. The van der Waals surface area contributed by atoms with E-state index in [4.69, 9.17) is 0 Å². The summed E-state index contributed by atoms with van der Waals surface area (Å²) in [5, 5.41) is 28.9. The Labute approximate surface area is 163 Å². The van der Waals surface area contributed by atoms with Crippen molar-refractivity contribution < 1.29 is 15.0 Å². The van der Waals surface area contributed by atoms with Gasteiger partial charge in [-0.05, 0) is 62.4 Å². The molecule has 6 nitrogen and oxygen atoms in total. The molecule has 0 unspecified atom stereocenters. The average Bonchev–Trinajstić information content (AvgIpc) is 2.63. The Morgan fingerprint density at radius 3 is 2.29 bits per heavy atom. The Balaban J connectivity index is 1.89. The van der Waals surface area contributed by atoms with E-state index >= 15 is 0 Å². The number of para-hydroxylation sites is 2. The van der Waals surface area contributed by atoms with Gasteiger partial charge < -0.3 is 26.2 Å². The molecule has 5 N–H and O–H groups in total. The van der Waals surface area contributed by atoms with E-state index in [1.165, 1.54) is 12.1 Å². The van der Waals surface area contributed by atoms with E-state index in [2.05, 4.69) is 16.0 Å². The first kappa shape index (κ1) is 19.1. The van der Waals surface area contributed by atoms with Gasteiger partial charge in [0.15, 0.2) is 0 Å². The molecule has 0 fully saturated rings. The molecule has 0 bridgehead atoms. The van der Waals surface area contributed by atoms with Gasteiger partial charge in [0.05, 0.1) is 5.69 Å². The Bertz CT molecular complexity index is 986. The first-order valence-electron chi connectivity index (χ1n) is 8.98. The Morgan fingerprint density at radius 1 is 0.857 bits per heavy atom. The Hall–Kier alpha value is -3.67. The fourth-order valence-electron chi connectivity index (χ4n) is 2.77. The zero-order valence-electron chi connectivity index (χ0n) is 15.7. The van der Waals surface area contributed by atoms with Gasteiger partial charge in [-0.1, -0.05) is 18.2 Å². The van der Waals surface area contributed by atoms with E-state index in [9.17, 15) is 15.0 Å². The summed E-state index contributed by atoms with van der Waals surface area (Å²) < 4.78 is 0. The van der Waals surface area contributed by atoms with Crippen molar-refractivity contribution in [1.82, 2.24) is 0 Å². The highest BCUT2D eigenvalue weighted by Gasteiger charge is 2.10. The molecular weight excluding hydrogens is 354 g/mol. The molecule has 0 atom stereocenters. The lowest BCUT2D eigenvalue weighted by atomic mass is 10.1. The second-order valence-corrected chi connectivity index (χ2v) is 6.74. The number of carbonyl (C=O) groups is 1. The molecule has 3 rings (SSSR count). The molecule has 0 aliphatic rings. The van der Waals surface area contributed by atoms with Crippen LogP contribution in [0, 0.1) is 0 Å². The summed E-state index contributed by atoms with van der Waals surface area (Å²) in [4.78, 5) is 12.5. The maximum Gasteiger partial charge on any atom is 0.255 e. The number of rotatable bonds is 6. The van der Waals surface area contributed by atoms with Crippen LogP contribution in [-0.4, -0.2) is 22.2 Å². The topological polar surface area (TPSA) is 93.6 Å². The van der Waals surface area contributed by atoms with Crippen LogP contribution in [0.2, 0.25) is 0 Å². The molecular formula is C22H23N3O3. The van der Waals surface area contributed by atoms with Gasteiger partial charge in [0, 0.05) is 28.7 Å². The molecule has 0 aliphatic heterocycles. The Morgan fingerprint density at radius 2 is 1.57 bits per heavy atom. The summed E-state index contributed by atoms with van der Waals surface area (Å²) in [5.74, 6) is -0.161. The van der Waals surface area contributed by atoms with E-state index in [-0.39, 0.29) is 23.4 Å². The minimum atomic E-state index is -0.328. The predicted octanol–water partition coefficient (Wildman–Crippen LogP) is 4.91. The first-order valence-corrected chi connectivity index (χ1v) is 8.98. The summed E-state index contributed by atoms with van der Waals surface area (Å²) in [6.45, 7) is 4.04. The minimum absolute atomic E-state index is 0.0322. The number of carbonyl (C=O) groups excluding carboxylic acids is 1. The van der Waals surface area contributed by atoms with Crippen LogP contribution in [0.3, 0.4) is 0 Å². The van der Waals surface area contributed by atoms with Crippen molar-refractivity contribution in [3.8, 4) is 11.5 Å². The molecule has 1 amide bonds. The van der Waals surface area contributed by atoms with Crippen LogP contribution in [0.5, 0.6) is 11.5 Å². The van der Waals surface area contributed by atoms with Gasteiger partial charge in [-0.2, -0.15) is 0 Å². The van der Waals surface area contributed by atoms with Crippen molar-refractivity contribution in [2.75, 3.05) is 16.0 Å². The summed E-state index contributed by atoms with van der Waals surface area (Å²) in [5.41, 5.74) is 3.03. The highest BCUT2D eigenvalue weighted by Crippen LogP contribution is 2.30. The molecule has 6 heteroatoms. The van der Waals surface area contributed by atoms with Crippen molar-refractivity contribution >= 4 is 28.7 Å². The van der Waals surface area contributed by atoms with Crippen LogP contribution in [0.25, 0.3) is 0 Å². The van der Waals surface area contributed by atoms with E-state index in [1.807, 2.05) is 32.0 Å². The van der Waals surface area contributed by atoms with Crippen LogP contribution in [0.15, 0.2) is 66.7 Å². The summed E-state index contributed by atoms with van der Waals surface area (Å²) >= 11 is 0. The van der Waals surface area contributed by atoms with Crippen molar-refractivity contribution in [3.05, 3.63) is 72.3 Å². The van der Waals surface area contributed by atoms with Crippen molar-refractivity contribution in [3.63, 3.8) is 0 Å². The molecule has 0 heterocycles. The number of phenols is 2. The molecule has 0 spiro atoms. The van der Waals surface area contributed by atoms with Crippen LogP contribution < -0.4 is 16.0 Å². The van der Waals surface area contributed by atoms with E-state index in [0.717, 1.165) is 5.69 Å². The number of benzene rings is 3. The van der Waals surface area contributed by atoms with Crippen LogP contribution in [0.4, 0.5) is 22.7 Å². The Kier molecular flexibility index (Phi) is 5.69. The number of hydrogen-bond acceptors (Lipinski definition) is 5. The third-order valence-corrected chi connectivity index (χ3v) is 3.94. The maximum absolute atomic E-state index is 12.5. The van der Waals surface area contributed by atoms with E-state index < -0.39 is 0 Å². The van der Waals surface area contributed by atoms with E-state index in [1.54, 1.807) is 36.4 Å². The van der Waals surface area contributed by atoms with Crippen molar-refractivity contribution in [1.29, 1.82) is 0 Å². The number of hydrogen-bond donors (Lipinski definition) is 5. The van der Waals surface area contributed by atoms with Crippen LogP contribution in [0.1, 0.15) is 24.2 Å². The average molecular weight is 377 g/mol. The smallest absolute Gasteiger partial charge is 0.255 e. The van der Waals surface area contributed by atoms with Gasteiger partial charge in [0.25, 0.3) is 5.91 Å². The largest absolute Gasteiger partial charge is 0.508 e. The summed E-state index contributed by atoms with van der Waals surface area (Å²) in [6.07, 6.45) is 0. The number of anilines is 4. The standard InChI is InChI=1S/C22H23N3O3/c1-14(2)23-16-11-17(24-20-8-3-4-9-21(20)27)13-18(12-16)25-22(28)15-6-5-7-19(26)10-15/h3-14,23-24,26-27H,1-2H3,(H,25,28). The van der Waals surface area contributed by atoms with Crippen molar-refractivity contribution in [2.45, 2.75) is 19.9 Å². The molecule has 0 radical (unpaired) electrons. The fourth-order valence-corrected chi connectivity index (χ4v) is 2.77. The number of phenolic OH excluding ortho intramolecular Hbond substituents is 2. The summed E-state index contributed by atoms with van der Waals surface area (Å²) in [7, 11) is 0. The zero-order chi connectivity index (χ0) is 20.1. The third kappa shape index (κ3) is 4.94. The molecule has 144 valence electrons. The minimum Gasteiger partial charge on any atom is -0.508 e. The lowest BCUT2D eigenvalue weighted by molar-refractivity contribution is 0.102. The van der Waals surface area contributed by atoms with Gasteiger partial charge in [-0.15, -0.1) is 0 Å². The second kappa shape index (κ2) is 8.35. The lowest BCUT2D eigenvalue weighted by Crippen LogP contribution is -2.13. The molecule has 0 saturated carbocycles. The molecule has 0 aliphatic carbocycles. The normalized spacial score (nSPS) is 10.5. The number of amides is 1. The van der Waals surface area contributed by atoms with Gasteiger partial charge in [0.2, 0.25) is 0 Å². The molecule has 3 aromatic rings. The fraction of sp³-hybridized carbons (Fsp3) is 0.136. The zero-order valence-corrected chi connectivity index (χ0v) is 15.7.